The van der Waals surface area contributed by atoms with E-state index in [0.29, 0.717) is 12.0 Å². The van der Waals surface area contributed by atoms with Gasteiger partial charge in [0.15, 0.2) is 6.04 Å². The standard InChI is InChI=1S/C21H33NO4/c1-2-3-4-5-6-7-8-9-13-16-18(23)22-19(21(25)26)20(24)17-14-11-10-12-15-17/h10-12,14-15,19-20,24H,2-9,13,16H2,1H3,(H,22,23)(H,25,26)/t19-,20+/m0/s1. The highest BCUT2D eigenvalue weighted by atomic mass is 16.4. The molecule has 0 spiro atoms. The van der Waals surface area contributed by atoms with E-state index in [4.69, 9.17) is 0 Å². The van der Waals surface area contributed by atoms with Crippen LogP contribution in [0, 0.1) is 0 Å². The molecule has 0 fully saturated rings. The molecule has 0 radical (unpaired) electrons. The molecule has 0 saturated carbocycles. The molecule has 0 aliphatic rings. The third-order valence-electron chi connectivity index (χ3n) is 4.55. The minimum Gasteiger partial charge on any atom is -0.480 e. The van der Waals surface area contributed by atoms with Gasteiger partial charge in [-0.1, -0.05) is 88.6 Å². The zero-order valence-corrected chi connectivity index (χ0v) is 15.8. The molecule has 0 heterocycles. The number of benzene rings is 1. The molecule has 1 aromatic carbocycles. The van der Waals surface area contributed by atoms with Gasteiger partial charge >= 0.3 is 5.97 Å². The van der Waals surface area contributed by atoms with Crippen LogP contribution in [0.2, 0.25) is 0 Å². The predicted molar refractivity (Wildman–Crippen MR) is 103 cm³/mol. The number of hydrogen-bond donors (Lipinski definition) is 3. The third-order valence-corrected chi connectivity index (χ3v) is 4.55. The van der Waals surface area contributed by atoms with Crippen LogP contribution in [-0.4, -0.2) is 28.1 Å². The summed E-state index contributed by atoms with van der Waals surface area (Å²) in [5, 5.41) is 22.0. The van der Waals surface area contributed by atoms with Crippen LogP contribution in [0.3, 0.4) is 0 Å². The molecule has 1 rings (SSSR count). The fraction of sp³-hybridized carbons (Fsp3) is 0.619. The van der Waals surface area contributed by atoms with Crippen LogP contribution in [0.15, 0.2) is 30.3 Å². The Hall–Kier alpha value is -1.88. The zero-order valence-electron chi connectivity index (χ0n) is 15.8. The zero-order chi connectivity index (χ0) is 19.2. The van der Waals surface area contributed by atoms with Crippen molar-refractivity contribution in [2.24, 2.45) is 0 Å². The molecule has 26 heavy (non-hydrogen) atoms. The van der Waals surface area contributed by atoms with E-state index in [1.807, 2.05) is 0 Å². The Bertz CT molecular complexity index is 518. The minimum absolute atomic E-state index is 0.293. The summed E-state index contributed by atoms with van der Waals surface area (Å²) in [7, 11) is 0. The maximum absolute atomic E-state index is 12.0. The highest BCUT2D eigenvalue weighted by Crippen LogP contribution is 2.17. The van der Waals surface area contributed by atoms with E-state index < -0.39 is 18.1 Å². The number of rotatable bonds is 14. The lowest BCUT2D eigenvalue weighted by molar-refractivity contribution is -0.145. The number of amides is 1. The van der Waals surface area contributed by atoms with Crippen molar-refractivity contribution in [3.63, 3.8) is 0 Å². The van der Waals surface area contributed by atoms with E-state index in [1.54, 1.807) is 30.3 Å². The number of hydrogen-bond acceptors (Lipinski definition) is 3. The first-order valence-corrected chi connectivity index (χ1v) is 9.81. The van der Waals surface area contributed by atoms with Crippen molar-refractivity contribution >= 4 is 11.9 Å². The Morgan fingerprint density at radius 1 is 0.923 bits per heavy atom. The van der Waals surface area contributed by atoms with Crippen molar-refractivity contribution in [1.29, 1.82) is 0 Å². The first kappa shape index (κ1) is 22.2. The van der Waals surface area contributed by atoms with Gasteiger partial charge in [-0.3, -0.25) is 4.79 Å². The highest BCUT2D eigenvalue weighted by Gasteiger charge is 2.29. The Balaban J connectivity index is 2.26. The summed E-state index contributed by atoms with van der Waals surface area (Å²) in [6.45, 7) is 2.21. The number of aliphatic hydroxyl groups is 1. The number of carboxylic acid groups (broad SMARTS) is 1. The number of carboxylic acids is 1. The second-order valence-corrected chi connectivity index (χ2v) is 6.82. The van der Waals surface area contributed by atoms with E-state index in [9.17, 15) is 19.8 Å². The normalized spacial score (nSPS) is 13.2. The molecule has 0 aliphatic carbocycles. The van der Waals surface area contributed by atoms with Gasteiger partial charge in [-0.05, 0) is 12.0 Å². The van der Waals surface area contributed by atoms with Gasteiger partial charge in [0.2, 0.25) is 5.91 Å². The van der Waals surface area contributed by atoms with Crippen LogP contribution < -0.4 is 5.32 Å². The van der Waals surface area contributed by atoms with Gasteiger partial charge in [0.05, 0.1) is 0 Å². The van der Waals surface area contributed by atoms with E-state index >= 15 is 0 Å². The fourth-order valence-corrected chi connectivity index (χ4v) is 2.96. The largest absolute Gasteiger partial charge is 0.480 e. The van der Waals surface area contributed by atoms with Crippen LogP contribution in [-0.2, 0) is 9.59 Å². The number of aliphatic hydroxyl groups excluding tert-OH is 1. The van der Waals surface area contributed by atoms with Crippen molar-refractivity contribution in [2.45, 2.75) is 83.3 Å². The van der Waals surface area contributed by atoms with Gasteiger partial charge in [-0.15, -0.1) is 0 Å². The fourth-order valence-electron chi connectivity index (χ4n) is 2.96. The Kier molecular flexibility index (Phi) is 11.4. The summed E-state index contributed by atoms with van der Waals surface area (Å²) in [4.78, 5) is 23.4. The SMILES string of the molecule is CCCCCCCCCCCC(=O)N[C@H](C(=O)O)[C@H](O)c1ccccc1. The number of nitrogens with one attached hydrogen (secondary N) is 1. The van der Waals surface area contributed by atoms with E-state index in [0.717, 1.165) is 19.3 Å². The van der Waals surface area contributed by atoms with Crippen LogP contribution >= 0.6 is 0 Å². The molecule has 0 unspecified atom stereocenters. The van der Waals surface area contributed by atoms with Gasteiger partial charge in [0.25, 0.3) is 0 Å². The summed E-state index contributed by atoms with van der Waals surface area (Å²) >= 11 is 0. The Labute approximate surface area is 156 Å². The molecule has 0 saturated heterocycles. The summed E-state index contributed by atoms with van der Waals surface area (Å²) in [6, 6.07) is 7.20. The average Bonchev–Trinajstić information content (AvgIpc) is 2.64. The monoisotopic (exact) mass is 363 g/mol. The molecule has 5 heteroatoms. The molecule has 2 atom stereocenters. The molecule has 1 amide bonds. The second kappa shape index (κ2) is 13.3. The van der Waals surface area contributed by atoms with Gasteiger partial charge in [0.1, 0.15) is 6.10 Å². The first-order chi connectivity index (χ1) is 12.6. The summed E-state index contributed by atoms with van der Waals surface area (Å²) in [5.41, 5.74) is 0.475. The summed E-state index contributed by atoms with van der Waals surface area (Å²) in [5.74, 6) is -1.56. The van der Waals surface area contributed by atoms with Crippen LogP contribution in [0.4, 0.5) is 0 Å². The molecule has 0 aliphatic heterocycles. The van der Waals surface area contributed by atoms with E-state index in [2.05, 4.69) is 12.2 Å². The molecule has 0 aromatic heterocycles. The van der Waals surface area contributed by atoms with Crippen molar-refractivity contribution in [2.75, 3.05) is 0 Å². The average molecular weight is 363 g/mol. The lowest BCUT2D eigenvalue weighted by Crippen LogP contribution is -2.44. The number of carbonyl (C=O) groups excluding carboxylic acids is 1. The number of aliphatic carboxylic acids is 1. The van der Waals surface area contributed by atoms with Crippen molar-refractivity contribution < 1.29 is 19.8 Å². The number of carbonyl (C=O) groups is 2. The van der Waals surface area contributed by atoms with Crippen LogP contribution in [0.5, 0.6) is 0 Å². The second-order valence-electron chi connectivity index (χ2n) is 6.82. The maximum Gasteiger partial charge on any atom is 0.329 e. The summed E-state index contributed by atoms with van der Waals surface area (Å²) in [6.07, 6.45) is 9.44. The van der Waals surface area contributed by atoms with Crippen LogP contribution in [0.25, 0.3) is 0 Å². The number of unbranched alkanes of at least 4 members (excludes halogenated alkanes) is 8. The highest BCUT2D eigenvalue weighted by molar-refractivity contribution is 5.84. The quantitative estimate of drug-likeness (QED) is 0.432. The predicted octanol–water partition coefficient (Wildman–Crippen LogP) is 4.21. The van der Waals surface area contributed by atoms with Gasteiger partial charge in [-0.2, -0.15) is 0 Å². The molecular weight excluding hydrogens is 330 g/mol. The van der Waals surface area contributed by atoms with Gasteiger partial charge in [0, 0.05) is 6.42 Å². The minimum atomic E-state index is -1.33. The first-order valence-electron chi connectivity index (χ1n) is 9.81. The molecule has 5 nitrogen and oxygen atoms in total. The lowest BCUT2D eigenvalue weighted by atomic mass is 10.0. The lowest BCUT2D eigenvalue weighted by Gasteiger charge is -2.20. The van der Waals surface area contributed by atoms with Crippen molar-refractivity contribution in [1.82, 2.24) is 5.32 Å². The summed E-state index contributed by atoms with van der Waals surface area (Å²) < 4.78 is 0. The van der Waals surface area contributed by atoms with Crippen LogP contribution in [0.1, 0.15) is 82.8 Å². The molecule has 3 N–H and O–H groups in total. The van der Waals surface area contributed by atoms with E-state index in [1.165, 1.54) is 38.5 Å². The molecular formula is C21H33NO4. The third kappa shape index (κ3) is 8.99. The molecule has 146 valence electrons. The topological polar surface area (TPSA) is 86.6 Å². The Morgan fingerprint density at radius 2 is 1.46 bits per heavy atom. The Morgan fingerprint density at radius 3 is 2.00 bits per heavy atom. The van der Waals surface area contributed by atoms with E-state index in [-0.39, 0.29) is 5.91 Å². The van der Waals surface area contributed by atoms with Gasteiger partial charge in [-0.25, -0.2) is 4.79 Å². The van der Waals surface area contributed by atoms with Crippen molar-refractivity contribution in [3.05, 3.63) is 35.9 Å². The molecule has 0 bridgehead atoms. The van der Waals surface area contributed by atoms with Gasteiger partial charge < -0.3 is 15.5 Å². The smallest absolute Gasteiger partial charge is 0.329 e. The van der Waals surface area contributed by atoms with Crippen molar-refractivity contribution in [3.8, 4) is 0 Å². The molecule has 1 aromatic rings. The maximum atomic E-state index is 12.0.